The van der Waals surface area contributed by atoms with Crippen molar-refractivity contribution < 1.29 is 18.7 Å². The zero-order valence-electron chi connectivity index (χ0n) is 20.9. The van der Waals surface area contributed by atoms with Crippen LogP contribution >= 0.6 is 0 Å². The Kier molecular flexibility index (Phi) is 8.05. The fourth-order valence-electron chi connectivity index (χ4n) is 4.01. The minimum atomic E-state index is -0.636. The summed E-state index contributed by atoms with van der Waals surface area (Å²) in [6, 6.07) is 13.9. The van der Waals surface area contributed by atoms with Crippen molar-refractivity contribution in [1.82, 2.24) is 20.2 Å². The predicted octanol–water partition coefficient (Wildman–Crippen LogP) is 3.51. The summed E-state index contributed by atoms with van der Waals surface area (Å²) in [7, 11) is 0. The molecule has 2 heterocycles. The molecule has 2 fully saturated rings. The lowest BCUT2D eigenvalue weighted by Crippen LogP contribution is -2.41. The Balaban J connectivity index is 1.18. The van der Waals surface area contributed by atoms with Gasteiger partial charge in [-0.2, -0.15) is 4.98 Å². The number of carbonyl (C=O) groups is 2. The van der Waals surface area contributed by atoms with Crippen LogP contribution in [0.2, 0.25) is 0 Å². The molecule has 2 aliphatic rings. The molecule has 1 aliphatic carbocycles. The summed E-state index contributed by atoms with van der Waals surface area (Å²) in [5.41, 5.74) is 2.25. The molecule has 38 heavy (non-hydrogen) atoms. The number of amides is 2. The summed E-state index contributed by atoms with van der Waals surface area (Å²) in [5, 5.41) is 11.8. The van der Waals surface area contributed by atoms with E-state index in [0.717, 1.165) is 51.9 Å². The van der Waals surface area contributed by atoms with Gasteiger partial charge in [0, 0.05) is 43.3 Å². The van der Waals surface area contributed by atoms with E-state index < -0.39 is 5.82 Å². The van der Waals surface area contributed by atoms with Gasteiger partial charge in [-0.1, -0.05) is 12.1 Å². The third kappa shape index (κ3) is 6.81. The third-order valence-electron chi connectivity index (χ3n) is 6.35. The Hall–Kier alpha value is -4.09. The maximum absolute atomic E-state index is 14.5. The summed E-state index contributed by atoms with van der Waals surface area (Å²) < 4.78 is 19.9. The van der Waals surface area contributed by atoms with E-state index in [0.29, 0.717) is 29.2 Å². The Morgan fingerprint density at radius 1 is 1.00 bits per heavy atom. The number of aromatic nitrogens is 2. The lowest BCUT2D eigenvalue weighted by molar-refractivity contribution is -0.117. The maximum Gasteiger partial charge on any atom is 0.251 e. The fourth-order valence-corrected chi connectivity index (χ4v) is 4.01. The number of anilines is 5. The third-order valence-corrected chi connectivity index (χ3v) is 6.35. The van der Waals surface area contributed by atoms with Gasteiger partial charge in [-0.15, -0.1) is 0 Å². The van der Waals surface area contributed by atoms with E-state index in [1.165, 1.54) is 0 Å². The molecule has 198 valence electrons. The normalized spacial score (nSPS) is 15.5. The minimum absolute atomic E-state index is 0.0353. The summed E-state index contributed by atoms with van der Waals surface area (Å²) in [6.07, 6.45) is 2.84. The summed E-state index contributed by atoms with van der Waals surface area (Å²) >= 11 is 0. The van der Waals surface area contributed by atoms with Crippen molar-refractivity contribution in [3.05, 3.63) is 66.1 Å². The van der Waals surface area contributed by atoms with Gasteiger partial charge in [-0.3, -0.25) is 14.5 Å². The molecule has 1 saturated heterocycles. The van der Waals surface area contributed by atoms with Crippen molar-refractivity contribution in [3.63, 3.8) is 0 Å². The number of rotatable bonds is 10. The smallest absolute Gasteiger partial charge is 0.251 e. The van der Waals surface area contributed by atoms with Crippen LogP contribution in [0.15, 0.2) is 54.7 Å². The fraction of sp³-hybridized carbons (Fsp3) is 0.333. The van der Waals surface area contributed by atoms with Gasteiger partial charge in [-0.05, 0) is 49.2 Å². The van der Waals surface area contributed by atoms with Crippen LogP contribution in [0.4, 0.5) is 33.2 Å². The topological polar surface area (TPSA) is 121 Å². The second-order valence-corrected chi connectivity index (χ2v) is 9.24. The highest BCUT2D eigenvalue weighted by atomic mass is 19.1. The van der Waals surface area contributed by atoms with Gasteiger partial charge in [-0.25, -0.2) is 9.37 Å². The number of morpholine rings is 1. The van der Waals surface area contributed by atoms with Crippen molar-refractivity contribution in [3.8, 4) is 0 Å². The first-order valence-electron chi connectivity index (χ1n) is 12.7. The van der Waals surface area contributed by atoms with Crippen molar-refractivity contribution in [2.75, 3.05) is 55.3 Å². The first kappa shape index (κ1) is 25.6. The number of hydrogen-bond acceptors (Lipinski definition) is 8. The van der Waals surface area contributed by atoms with Crippen LogP contribution < -0.4 is 21.3 Å². The van der Waals surface area contributed by atoms with E-state index in [2.05, 4.69) is 36.1 Å². The van der Waals surface area contributed by atoms with E-state index in [-0.39, 0.29) is 29.5 Å². The first-order chi connectivity index (χ1) is 18.5. The number of halogens is 1. The molecule has 5 rings (SSSR count). The van der Waals surface area contributed by atoms with Crippen LogP contribution in [-0.4, -0.2) is 66.1 Å². The molecule has 0 atom stereocenters. The van der Waals surface area contributed by atoms with Gasteiger partial charge in [0.2, 0.25) is 11.9 Å². The molecule has 0 spiro atoms. The Bertz CT molecular complexity index is 1280. The molecule has 1 aliphatic heterocycles. The molecule has 10 nitrogen and oxygen atoms in total. The SMILES string of the molecule is O=C(NCCN1CCOCC1)c1ccc(Nc2ncc(F)c(Nc3ccccc3NC(=O)C3CC3)n2)cc1. The molecular formula is C27H30FN7O3. The molecular weight excluding hydrogens is 489 g/mol. The van der Waals surface area contributed by atoms with Crippen molar-refractivity contribution >= 4 is 40.6 Å². The van der Waals surface area contributed by atoms with E-state index in [9.17, 15) is 14.0 Å². The second kappa shape index (κ2) is 12.0. The molecule has 4 N–H and O–H groups in total. The van der Waals surface area contributed by atoms with Gasteiger partial charge in [0.25, 0.3) is 5.91 Å². The Morgan fingerprint density at radius 2 is 1.74 bits per heavy atom. The molecule has 1 saturated carbocycles. The molecule has 2 aromatic carbocycles. The monoisotopic (exact) mass is 519 g/mol. The van der Waals surface area contributed by atoms with Crippen molar-refractivity contribution in [2.24, 2.45) is 5.92 Å². The van der Waals surface area contributed by atoms with Gasteiger partial charge >= 0.3 is 0 Å². The summed E-state index contributed by atoms with van der Waals surface area (Å²) in [5.74, 6) is -0.645. The maximum atomic E-state index is 14.5. The average Bonchev–Trinajstić information content (AvgIpc) is 3.79. The zero-order valence-corrected chi connectivity index (χ0v) is 20.9. The molecule has 0 radical (unpaired) electrons. The van der Waals surface area contributed by atoms with Gasteiger partial charge in [0.1, 0.15) is 0 Å². The Labute approximate surface area is 220 Å². The lowest BCUT2D eigenvalue weighted by Gasteiger charge is -2.26. The zero-order chi connectivity index (χ0) is 26.3. The molecule has 2 amide bonds. The van der Waals surface area contributed by atoms with Gasteiger partial charge < -0.3 is 26.0 Å². The van der Waals surface area contributed by atoms with E-state index >= 15 is 0 Å². The molecule has 3 aromatic rings. The molecule has 0 bridgehead atoms. The Morgan fingerprint density at radius 3 is 2.47 bits per heavy atom. The molecule has 1 aromatic heterocycles. The van der Waals surface area contributed by atoms with Gasteiger partial charge in [0.05, 0.1) is 30.8 Å². The van der Waals surface area contributed by atoms with Crippen LogP contribution in [-0.2, 0) is 9.53 Å². The highest BCUT2D eigenvalue weighted by Crippen LogP contribution is 2.32. The highest BCUT2D eigenvalue weighted by Gasteiger charge is 2.30. The largest absolute Gasteiger partial charge is 0.379 e. The summed E-state index contributed by atoms with van der Waals surface area (Å²) in [4.78, 5) is 35.2. The van der Waals surface area contributed by atoms with E-state index in [1.807, 2.05) is 0 Å². The quantitative estimate of drug-likeness (QED) is 0.321. The average molecular weight is 520 g/mol. The number of nitrogens with zero attached hydrogens (tertiary/aromatic N) is 3. The number of para-hydroxylation sites is 2. The van der Waals surface area contributed by atoms with Crippen molar-refractivity contribution in [2.45, 2.75) is 12.8 Å². The number of benzene rings is 2. The van der Waals surface area contributed by atoms with Crippen LogP contribution in [0.25, 0.3) is 0 Å². The van der Waals surface area contributed by atoms with Crippen molar-refractivity contribution in [1.29, 1.82) is 0 Å². The van der Waals surface area contributed by atoms with E-state index in [1.54, 1.807) is 48.5 Å². The molecule has 0 unspecified atom stereocenters. The van der Waals surface area contributed by atoms with Crippen LogP contribution in [0.5, 0.6) is 0 Å². The van der Waals surface area contributed by atoms with Crippen LogP contribution in [0, 0.1) is 11.7 Å². The number of ether oxygens (including phenoxy) is 1. The van der Waals surface area contributed by atoms with Crippen LogP contribution in [0.1, 0.15) is 23.2 Å². The number of hydrogen-bond donors (Lipinski definition) is 4. The lowest BCUT2D eigenvalue weighted by atomic mass is 10.2. The second-order valence-electron chi connectivity index (χ2n) is 9.24. The standard InChI is InChI=1S/C27H30FN7O3/c28-21-17-30-27(34-24(21)32-22-3-1-2-4-23(22)33-26(37)19-5-6-19)31-20-9-7-18(8-10-20)25(36)29-11-12-35-13-15-38-16-14-35/h1-4,7-10,17,19H,5-6,11-16H2,(H,29,36)(H,33,37)(H2,30,31,32,34). The van der Waals surface area contributed by atoms with E-state index in [4.69, 9.17) is 4.74 Å². The highest BCUT2D eigenvalue weighted by molar-refractivity contribution is 5.97. The summed E-state index contributed by atoms with van der Waals surface area (Å²) in [6.45, 7) is 4.55. The minimum Gasteiger partial charge on any atom is -0.379 e. The first-order valence-corrected chi connectivity index (χ1v) is 12.7. The molecule has 11 heteroatoms. The number of carbonyl (C=O) groups excluding carboxylic acids is 2. The van der Waals surface area contributed by atoms with Gasteiger partial charge in [0.15, 0.2) is 11.6 Å². The number of nitrogens with one attached hydrogen (secondary N) is 4. The van der Waals surface area contributed by atoms with Crippen LogP contribution in [0.3, 0.4) is 0 Å². The predicted molar refractivity (Wildman–Crippen MR) is 142 cm³/mol.